The van der Waals surface area contributed by atoms with E-state index in [0.29, 0.717) is 50.4 Å². The largest absolute Gasteiger partial charge is 0.355 e. The summed E-state index contributed by atoms with van der Waals surface area (Å²) in [6.07, 6.45) is 0.977. The third-order valence-corrected chi connectivity index (χ3v) is 4.97. The van der Waals surface area contributed by atoms with Crippen molar-refractivity contribution in [1.82, 2.24) is 30.4 Å². The Balaban J connectivity index is 1.27. The normalized spacial score (nSPS) is 21.7. The molecule has 2 saturated heterocycles. The number of hydrogen-bond donors (Lipinski definition) is 1. The molecule has 2 fully saturated rings. The SMILES string of the molecule is O=C1NC[C@H]2CN(C(=O)CCCn3nnc(-c4ccc(F)cc4)n3)C[C@@H]12. The Bertz CT molecular complexity index is 821. The van der Waals surface area contributed by atoms with E-state index < -0.39 is 0 Å². The smallest absolute Gasteiger partial charge is 0.225 e. The van der Waals surface area contributed by atoms with Crippen LogP contribution in [0.25, 0.3) is 11.4 Å². The molecule has 8 nitrogen and oxygen atoms in total. The van der Waals surface area contributed by atoms with Crippen LogP contribution in [0.5, 0.6) is 0 Å². The van der Waals surface area contributed by atoms with Gasteiger partial charge in [-0.3, -0.25) is 9.59 Å². The number of fused-ring (bicyclic) bond motifs is 1. The number of benzene rings is 1. The molecule has 0 bridgehead atoms. The topological polar surface area (TPSA) is 93.0 Å². The summed E-state index contributed by atoms with van der Waals surface area (Å²) in [5.41, 5.74) is 0.690. The van der Waals surface area contributed by atoms with Gasteiger partial charge in [-0.15, -0.1) is 10.2 Å². The predicted molar refractivity (Wildman–Crippen MR) is 89.0 cm³/mol. The van der Waals surface area contributed by atoms with E-state index in [9.17, 15) is 14.0 Å². The molecule has 2 aromatic rings. The minimum absolute atomic E-state index is 0.0470. The summed E-state index contributed by atoms with van der Waals surface area (Å²) < 4.78 is 13.0. The van der Waals surface area contributed by atoms with Crippen molar-refractivity contribution >= 4 is 11.8 Å². The van der Waals surface area contributed by atoms with Crippen molar-refractivity contribution in [2.75, 3.05) is 19.6 Å². The van der Waals surface area contributed by atoms with Crippen molar-refractivity contribution in [2.24, 2.45) is 11.8 Å². The number of carbonyl (C=O) groups is 2. The average molecular weight is 358 g/mol. The van der Waals surface area contributed by atoms with Crippen molar-refractivity contribution in [2.45, 2.75) is 19.4 Å². The van der Waals surface area contributed by atoms with Gasteiger partial charge in [0.2, 0.25) is 17.6 Å². The minimum Gasteiger partial charge on any atom is -0.355 e. The Labute approximate surface area is 149 Å². The Morgan fingerprint density at radius 3 is 2.85 bits per heavy atom. The maximum atomic E-state index is 13.0. The van der Waals surface area contributed by atoms with E-state index in [1.165, 1.54) is 16.9 Å². The molecule has 0 aliphatic carbocycles. The predicted octanol–water partition coefficient (Wildman–Crippen LogP) is 0.464. The van der Waals surface area contributed by atoms with Gasteiger partial charge in [-0.25, -0.2) is 4.39 Å². The molecule has 0 spiro atoms. The number of nitrogens with zero attached hydrogens (tertiary/aromatic N) is 5. The van der Waals surface area contributed by atoms with Crippen molar-refractivity contribution in [3.8, 4) is 11.4 Å². The number of nitrogens with one attached hydrogen (secondary N) is 1. The second kappa shape index (κ2) is 6.81. The lowest BCUT2D eigenvalue weighted by Gasteiger charge is -2.17. The second-order valence-corrected chi connectivity index (χ2v) is 6.73. The van der Waals surface area contributed by atoms with Crippen LogP contribution in [0.4, 0.5) is 4.39 Å². The lowest BCUT2D eigenvalue weighted by molar-refractivity contribution is -0.131. The molecule has 2 aliphatic heterocycles. The Morgan fingerprint density at radius 1 is 1.27 bits per heavy atom. The molecular formula is C17H19FN6O2. The van der Waals surface area contributed by atoms with Crippen LogP contribution >= 0.6 is 0 Å². The van der Waals surface area contributed by atoms with Gasteiger partial charge in [0, 0.05) is 37.5 Å². The first-order valence-electron chi connectivity index (χ1n) is 8.69. The first-order chi connectivity index (χ1) is 12.6. The Kier molecular flexibility index (Phi) is 4.36. The van der Waals surface area contributed by atoms with Crippen molar-refractivity contribution in [3.05, 3.63) is 30.1 Å². The monoisotopic (exact) mass is 358 g/mol. The zero-order valence-corrected chi connectivity index (χ0v) is 14.1. The maximum absolute atomic E-state index is 13.0. The molecule has 0 radical (unpaired) electrons. The van der Waals surface area contributed by atoms with Gasteiger partial charge in [0.25, 0.3) is 0 Å². The van der Waals surface area contributed by atoms with Gasteiger partial charge in [0.15, 0.2) is 0 Å². The van der Waals surface area contributed by atoms with E-state index in [0.717, 1.165) is 0 Å². The molecular weight excluding hydrogens is 339 g/mol. The highest BCUT2D eigenvalue weighted by molar-refractivity contribution is 5.84. The zero-order valence-electron chi connectivity index (χ0n) is 14.1. The molecule has 2 atom stereocenters. The van der Waals surface area contributed by atoms with Crippen LogP contribution in [-0.4, -0.2) is 56.6 Å². The number of hydrogen-bond acceptors (Lipinski definition) is 5. The molecule has 26 heavy (non-hydrogen) atoms. The number of aromatic nitrogens is 4. The van der Waals surface area contributed by atoms with Crippen molar-refractivity contribution in [1.29, 1.82) is 0 Å². The molecule has 4 rings (SSSR count). The van der Waals surface area contributed by atoms with Gasteiger partial charge < -0.3 is 10.2 Å². The van der Waals surface area contributed by atoms with Crippen molar-refractivity contribution in [3.63, 3.8) is 0 Å². The summed E-state index contributed by atoms with van der Waals surface area (Å²) >= 11 is 0. The number of tetrazole rings is 1. The van der Waals surface area contributed by atoms with E-state index in [2.05, 4.69) is 20.7 Å². The second-order valence-electron chi connectivity index (χ2n) is 6.73. The van der Waals surface area contributed by atoms with Crippen LogP contribution in [0.15, 0.2) is 24.3 Å². The highest BCUT2D eigenvalue weighted by atomic mass is 19.1. The first kappa shape index (κ1) is 16.6. The van der Waals surface area contributed by atoms with E-state index >= 15 is 0 Å². The quantitative estimate of drug-likeness (QED) is 0.838. The summed E-state index contributed by atoms with van der Waals surface area (Å²) in [5, 5.41) is 15.0. The molecule has 2 aliphatic rings. The highest BCUT2D eigenvalue weighted by Gasteiger charge is 2.43. The highest BCUT2D eigenvalue weighted by Crippen LogP contribution is 2.27. The summed E-state index contributed by atoms with van der Waals surface area (Å²) in [6.45, 7) is 2.31. The number of aryl methyl sites for hydroxylation is 1. The van der Waals surface area contributed by atoms with Crippen LogP contribution in [-0.2, 0) is 16.1 Å². The molecule has 0 unspecified atom stereocenters. The third-order valence-electron chi connectivity index (χ3n) is 4.97. The van der Waals surface area contributed by atoms with Gasteiger partial charge >= 0.3 is 0 Å². The molecule has 3 heterocycles. The molecule has 9 heteroatoms. The van der Waals surface area contributed by atoms with E-state index in [-0.39, 0.29) is 29.5 Å². The Hall–Kier alpha value is -2.84. The average Bonchev–Trinajstić information content (AvgIpc) is 3.33. The van der Waals surface area contributed by atoms with Crippen LogP contribution in [0.2, 0.25) is 0 Å². The zero-order chi connectivity index (χ0) is 18.1. The standard InChI is InChI=1S/C17H19FN6O2/c18-13-5-3-11(4-6-13)16-20-22-24(21-16)7-1-2-15(25)23-9-12-8-19-17(26)14(12)10-23/h3-6,12,14H,1-2,7-10H2,(H,19,26)/t12-,14+/m0/s1. The van der Waals surface area contributed by atoms with Crippen LogP contribution in [0.3, 0.4) is 0 Å². The van der Waals surface area contributed by atoms with E-state index in [1.54, 1.807) is 17.0 Å². The van der Waals surface area contributed by atoms with Crippen LogP contribution < -0.4 is 5.32 Å². The summed E-state index contributed by atoms with van der Waals surface area (Å²) in [5.74, 6) is 0.435. The molecule has 136 valence electrons. The summed E-state index contributed by atoms with van der Waals surface area (Å²) in [4.78, 5) is 27.2. The van der Waals surface area contributed by atoms with Gasteiger partial charge in [-0.05, 0) is 35.9 Å². The molecule has 1 aromatic carbocycles. The lowest BCUT2D eigenvalue weighted by Crippen LogP contribution is -2.33. The van der Waals surface area contributed by atoms with Gasteiger partial charge in [0.1, 0.15) is 5.82 Å². The number of halogens is 1. The number of amides is 2. The fourth-order valence-corrected chi connectivity index (χ4v) is 3.52. The van der Waals surface area contributed by atoms with Crippen LogP contribution in [0.1, 0.15) is 12.8 Å². The number of rotatable bonds is 5. The number of carbonyl (C=O) groups excluding carboxylic acids is 2. The first-order valence-corrected chi connectivity index (χ1v) is 8.69. The maximum Gasteiger partial charge on any atom is 0.225 e. The van der Waals surface area contributed by atoms with Gasteiger partial charge in [-0.1, -0.05) is 0 Å². The van der Waals surface area contributed by atoms with Crippen LogP contribution in [0, 0.1) is 17.7 Å². The summed E-state index contributed by atoms with van der Waals surface area (Å²) in [6, 6.07) is 5.89. The molecule has 1 aromatic heterocycles. The molecule has 0 saturated carbocycles. The fraction of sp³-hybridized carbons (Fsp3) is 0.471. The summed E-state index contributed by atoms with van der Waals surface area (Å²) in [7, 11) is 0. The van der Waals surface area contributed by atoms with E-state index in [1.807, 2.05) is 0 Å². The number of likely N-dealkylation sites (tertiary alicyclic amines) is 1. The van der Waals surface area contributed by atoms with Gasteiger partial charge in [-0.2, -0.15) is 4.80 Å². The fourth-order valence-electron chi connectivity index (χ4n) is 3.52. The van der Waals surface area contributed by atoms with Crippen molar-refractivity contribution < 1.29 is 14.0 Å². The molecule has 2 amide bonds. The minimum atomic E-state index is -0.316. The van der Waals surface area contributed by atoms with Gasteiger partial charge in [0.05, 0.1) is 12.5 Å². The molecule has 1 N–H and O–H groups in total. The Morgan fingerprint density at radius 2 is 2.08 bits per heavy atom. The van der Waals surface area contributed by atoms with E-state index in [4.69, 9.17) is 0 Å². The third kappa shape index (κ3) is 3.29. The lowest BCUT2D eigenvalue weighted by atomic mass is 10.0.